The normalized spacial score (nSPS) is 13.2. The van der Waals surface area contributed by atoms with Gasteiger partial charge in [0, 0.05) is 18.8 Å². The van der Waals surface area contributed by atoms with Crippen molar-refractivity contribution in [1.29, 1.82) is 0 Å². The highest BCUT2D eigenvalue weighted by Gasteiger charge is 2.34. The smallest absolute Gasteiger partial charge is 0.417 e. The Morgan fingerprint density at radius 3 is 2.42 bits per heavy atom. The van der Waals surface area contributed by atoms with E-state index in [1.54, 1.807) is 74.2 Å². The first-order valence-electron chi connectivity index (χ1n) is 13.1. The van der Waals surface area contributed by atoms with Gasteiger partial charge in [0.05, 0.1) is 18.5 Å². The van der Waals surface area contributed by atoms with Gasteiger partial charge in [-0.1, -0.05) is 42.5 Å². The molecular weight excluding hydrogens is 521 g/mol. The van der Waals surface area contributed by atoms with Gasteiger partial charge in [0.15, 0.2) is 0 Å². The predicted molar refractivity (Wildman–Crippen MR) is 147 cm³/mol. The summed E-state index contributed by atoms with van der Waals surface area (Å²) in [6.45, 7) is 6.31. The zero-order chi connectivity index (χ0) is 28.9. The number of nitrogens with zero attached hydrogens (tertiary/aromatic N) is 1. The zero-order valence-electron chi connectivity index (χ0n) is 22.8. The summed E-state index contributed by atoms with van der Waals surface area (Å²) >= 11 is 0. The van der Waals surface area contributed by atoms with E-state index in [1.165, 1.54) is 6.07 Å². The van der Waals surface area contributed by atoms with Crippen LogP contribution in [0, 0.1) is 0 Å². The summed E-state index contributed by atoms with van der Waals surface area (Å²) in [6.07, 6.45) is -3.70. The van der Waals surface area contributed by atoms with Crippen LogP contribution >= 0.6 is 0 Å². The summed E-state index contributed by atoms with van der Waals surface area (Å²) in [7, 11) is 0. The van der Waals surface area contributed by atoms with Gasteiger partial charge in [0.1, 0.15) is 18.0 Å². The van der Waals surface area contributed by atoms with Crippen molar-refractivity contribution < 1.29 is 32.2 Å². The lowest BCUT2D eigenvalue weighted by Gasteiger charge is -2.20. The van der Waals surface area contributed by atoms with Crippen molar-refractivity contribution in [2.45, 2.75) is 52.0 Å². The molecule has 0 bridgehead atoms. The van der Waals surface area contributed by atoms with Crippen LogP contribution in [0.25, 0.3) is 11.1 Å². The fraction of sp³-hybridized carbons (Fsp3) is 0.355. The Morgan fingerprint density at radius 1 is 0.975 bits per heavy atom. The number of hydrogen-bond donors (Lipinski definition) is 1. The highest BCUT2D eigenvalue weighted by molar-refractivity contribution is 5.97. The van der Waals surface area contributed by atoms with Crippen molar-refractivity contribution in [3.63, 3.8) is 0 Å². The number of carbonyl (C=O) groups is 2. The Hall–Kier alpha value is -3.85. The predicted octanol–water partition coefficient (Wildman–Crippen LogP) is 6.16. The molecule has 1 amide bonds. The van der Waals surface area contributed by atoms with Crippen LogP contribution < -0.4 is 15.0 Å². The second-order valence-corrected chi connectivity index (χ2v) is 10.6. The van der Waals surface area contributed by atoms with Crippen LogP contribution in [-0.2, 0) is 33.5 Å². The van der Waals surface area contributed by atoms with Crippen LogP contribution in [0.2, 0.25) is 0 Å². The quantitative estimate of drug-likeness (QED) is 0.253. The number of hydrogen-bond acceptors (Lipinski definition) is 5. The molecule has 0 aromatic heterocycles. The third-order valence-electron chi connectivity index (χ3n) is 6.33. The largest absolute Gasteiger partial charge is 0.489 e. The lowest BCUT2D eigenvalue weighted by atomic mass is 9.97. The van der Waals surface area contributed by atoms with Gasteiger partial charge in [-0.25, -0.2) is 0 Å². The molecular formula is C31H33F3N2O4. The summed E-state index contributed by atoms with van der Waals surface area (Å²) in [5.74, 6) is 0.0762. The van der Waals surface area contributed by atoms with Gasteiger partial charge in [-0.2, -0.15) is 13.2 Å². The number of ether oxygens (including phenoxy) is 2. The highest BCUT2D eigenvalue weighted by atomic mass is 19.4. The molecule has 0 spiro atoms. The van der Waals surface area contributed by atoms with Gasteiger partial charge in [-0.3, -0.25) is 9.59 Å². The van der Waals surface area contributed by atoms with Gasteiger partial charge in [-0.05, 0) is 73.7 Å². The van der Waals surface area contributed by atoms with Crippen molar-refractivity contribution in [2.24, 2.45) is 0 Å². The summed E-state index contributed by atoms with van der Waals surface area (Å²) in [5, 5.41) is 2.99. The van der Waals surface area contributed by atoms with Crippen LogP contribution in [0.5, 0.6) is 5.75 Å². The number of benzene rings is 3. The highest BCUT2D eigenvalue weighted by Crippen LogP contribution is 2.38. The van der Waals surface area contributed by atoms with E-state index < -0.39 is 17.3 Å². The Morgan fingerprint density at radius 2 is 1.73 bits per heavy atom. The first-order chi connectivity index (χ1) is 18.9. The third-order valence-corrected chi connectivity index (χ3v) is 6.33. The zero-order valence-corrected chi connectivity index (χ0v) is 22.8. The van der Waals surface area contributed by atoms with Crippen LogP contribution in [-0.4, -0.2) is 37.1 Å². The Labute approximate surface area is 232 Å². The molecule has 4 rings (SSSR count). The van der Waals surface area contributed by atoms with E-state index in [0.29, 0.717) is 36.4 Å². The third kappa shape index (κ3) is 7.63. The summed E-state index contributed by atoms with van der Waals surface area (Å²) in [4.78, 5) is 26.2. The van der Waals surface area contributed by atoms with Crippen LogP contribution in [0.4, 0.5) is 18.9 Å². The number of rotatable bonds is 9. The van der Waals surface area contributed by atoms with Crippen molar-refractivity contribution in [1.82, 2.24) is 5.32 Å². The standard InChI is InChI=1S/C31H33F3N2O4/c1-30(2,3)40-29(38)13-15-35-19-28(37)36-16-14-23-18-24(10-12-27(23)36)39-20-21-9-11-25(22-7-5-4-6-8-22)26(17-21)31(32,33)34/h4-12,17-18,35H,13-16,19-20H2,1-3H3. The van der Waals surface area contributed by atoms with E-state index in [4.69, 9.17) is 9.47 Å². The average molecular weight is 555 g/mol. The minimum absolute atomic E-state index is 0.0266. The number of anilines is 1. The van der Waals surface area contributed by atoms with Crippen molar-refractivity contribution in [3.05, 3.63) is 83.4 Å². The van der Waals surface area contributed by atoms with E-state index in [9.17, 15) is 22.8 Å². The number of fused-ring (bicyclic) bond motifs is 1. The van der Waals surface area contributed by atoms with E-state index in [1.807, 2.05) is 6.07 Å². The molecule has 212 valence electrons. The second kappa shape index (κ2) is 12.1. The Bertz CT molecular complexity index is 1350. The van der Waals surface area contributed by atoms with Crippen LogP contribution in [0.3, 0.4) is 0 Å². The van der Waals surface area contributed by atoms with Gasteiger partial charge in [0.25, 0.3) is 0 Å². The van der Waals surface area contributed by atoms with Crippen molar-refractivity contribution in [3.8, 4) is 16.9 Å². The monoisotopic (exact) mass is 554 g/mol. The van der Waals surface area contributed by atoms with Crippen LogP contribution in [0.1, 0.15) is 43.9 Å². The molecule has 0 aliphatic carbocycles. The van der Waals surface area contributed by atoms with E-state index in [-0.39, 0.29) is 37.0 Å². The first-order valence-corrected chi connectivity index (χ1v) is 13.1. The molecule has 0 atom stereocenters. The molecule has 40 heavy (non-hydrogen) atoms. The fourth-order valence-corrected chi connectivity index (χ4v) is 4.55. The van der Waals surface area contributed by atoms with Gasteiger partial charge >= 0.3 is 12.1 Å². The molecule has 0 radical (unpaired) electrons. The Kier molecular flexibility index (Phi) is 8.83. The Balaban J connectivity index is 1.34. The number of halogens is 3. The minimum atomic E-state index is -4.50. The molecule has 3 aromatic carbocycles. The van der Waals surface area contributed by atoms with Gasteiger partial charge in [-0.15, -0.1) is 0 Å². The SMILES string of the molecule is CC(C)(C)OC(=O)CCNCC(=O)N1CCc2cc(OCc3ccc(-c4ccccc4)c(C(F)(F)F)c3)ccc21. The minimum Gasteiger partial charge on any atom is -0.489 e. The number of nitrogens with one attached hydrogen (secondary N) is 1. The molecule has 9 heteroatoms. The molecule has 1 heterocycles. The second-order valence-electron chi connectivity index (χ2n) is 10.6. The van der Waals surface area contributed by atoms with Gasteiger partial charge < -0.3 is 19.7 Å². The lowest BCUT2D eigenvalue weighted by molar-refractivity contribution is -0.154. The van der Waals surface area contributed by atoms with E-state index >= 15 is 0 Å². The summed E-state index contributed by atoms with van der Waals surface area (Å²) in [6, 6.07) is 18.0. The first kappa shape index (κ1) is 29.1. The number of esters is 1. The maximum absolute atomic E-state index is 13.8. The molecule has 0 saturated carbocycles. The molecule has 1 aliphatic rings. The number of alkyl halides is 3. The maximum atomic E-state index is 13.8. The fourth-order valence-electron chi connectivity index (χ4n) is 4.55. The maximum Gasteiger partial charge on any atom is 0.417 e. The molecule has 6 nitrogen and oxygen atoms in total. The summed E-state index contributed by atoms with van der Waals surface area (Å²) < 4.78 is 52.6. The van der Waals surface area contributed by atoms with Crippen molar-refractivity contribution in [2.75, 3.05) is 24.5 Å². The molecule has 0 unspecified atom stereocenters. The number of amides is 1. The molecule has 1 aliphatic heterocycles. The van der Waals surface area contributed by atoms with Crippen molar-refractivity contribution >= 4 is 17.6 Å². The molecule has 3 aromatic rings. The molecule has 0 saturated heterocycles. The lowest BCUT2D eigenvalue weighted by Crippen LogP contribution is -2.38. The topological polar surface area (TPSA) is 67.9 Å². The van der Waals surface area contributed by atoms with E-state index in [0.717, 1.165) is 17.3 Å². The van der Waals surface area contributed by atoms with Crippen LogP contribution in [0.15, 0.2) is 66.7 Å². The van der Waals surface area contributed by atoms with Gasteiger partial charge in [0.2, 0.25) is 5.91 Å². The molecule has 0 fully saturated rings. The molecule has 1 N–H and O–H groups in total. The summed E-state index contributed by atoms with van der Waals surface area (Å²) in [5.41, 5.74) is 1.47. The average Bonchev–Trinajstić information content (AvgIpc) is 3.32. The van der Waals surface area contributed by atoms with E-state index in [2.05, 4.69) is 5.32 Å². The number of carbonyl (C=O) groups excluding carboxylic acids is 2.